The predicted octanol–water partition coefficient (Wildman–Crippen LogP) is 4.98. The molecule has 0 aliphatic carbocycles. The van der Waals surface area contributed by atoms with Gasteiger partial charge in [-0.3, -0.25) is 4.90 Å². The zero-order valence-electron chi connectivity index (χ0n) is 14.4. The smallest absolute Gasteiger partial charge is 0.123 e. The minimum absolute atomic E-state index is 0.192. The van der Waals surface area contributed by atoms with Crippen LogP contribution in [0, 0.1) is 5.82 Å². The van der Waals surface area contributed by atoms with Crippen LogP contribution in [0.4, 0.5) is 4.39 Å². The van der Waals surface area contributed by atoms with E-state index >= 15 is 0 Å². The van der Waals surface area contributed by atoms with Crippen LogP contribution in [-0.2, 0) is 13.1 Å². The summed E-state index contributed by atoms with van der Waals surface area (Å²) in [6.07, 6.45) is 0. The summed E-state index contributed by atoms with van der Waals surface area (Å²) in [4.78, 5) is 7.00. The van der Waals surface area contributed by atoms with Gasteiger partial charge in [0, 0.05) is 24.0 Å². The van der Waals surface area contributed by atoms with E-state index < -0.39 is 0 Å². The van der Waals surface area contributed by atoms with Crippen LogP contribution < -0.4 is 4.74 Å². The van der Waals surface area contributed by atoms with Gasteiger partial charge in [0.1, 0.15) is 16.6 Å². The van der Waals surface area contributed by atoms with Gasteiger partial charge in [0.2, 0.25) is 0 Å². The molecule has 0 fully saturated rings. The van der Waals surface area contributed by atoms with Crippen LogP contribution in [0.25, 0.3) is 10.6 Å². The highest BCUT2D eigenvalue weighted by molar-refractivity contribution is 7.13. The van der Waals surface area contributed by atoms with Crippen molar-refractivity contribution in [3.8, 4) is 16.3 Å². The maximum absolute atomic E-state index is 13.4. The number of hydrogen-bond acceptors (Lipinski definition) is 4. The van der Waals surface area contributed by atoms with E-state index in [0.717, 1.165) is 40.7 Å². The summed E-state index contributed by atoms with van der Waals surface area (Å²) >= 11 is 1.63. The molecule has 0 spiro atoms. The highest BCUT2D eigenvalue weighted by Gasteiger charge is 2.10. The van der Waals surface area contributed by atoms with Gasteiger partial charge in [-0.15, -0.1) is 11.3 Å². The molecule has 0 radical (unpaired) electrons. The first-order valence-corrected chi connectivity index (χ1v) is 9.11. The second-order valence-corrected chi connectivity index (χ2v) is 6.67. The standard InChI is InChI=1S/C20H21FN2OS/c1-3-23(12-15-6-4-8-17(21)10-15)13-18-14-25-20(22-18)16-7-5-9-19(11-16)24-2/h4-11,14H,3,12-13H2,1-2H3. The molecule has 0 saturated carbocycles. The summed E-state index contributed by atoms with van der Waals surface area (Å²) in [6.45, 7) is 4.44. The summed E-state index contributed by atoms with van der Waals surface area (Å²) in [5.74, 6) is 0.637. The highest BCUT2D eigenvalue weighted by atomic mass is 32.1. The first kappa shape index (κ1) is 17.6. The molecule has 0 amide bonds. The van der Waals surface area contributed by atoms with Crippen LogP contribution in [0.5, 0.6) is 5.75 Å². The molecule has 0 atom stereocenters. The van der Waals surface area contributed by atoms with Gasteiger partial charge >= 0.3 is 0 Å². The second kappa shape index (κ2) is 8.23. The SMILES string of the molecule is CCN(Cc1cccc(F)c1)Cc1csc(-c2cccc(OC)c2)n1. The Kier molecular flexibility index (Phi) is 5.79. The second-order valence-electron chi connectivity index (χ2n) is 5.81. The van der Waals surface area contributed by atoms with Gasteiger partial charge in [-0.1, -0.05) is 31.2 Å². The van der Waals surface area contributed by atoms with Crippen molar-refractivity contribution >= 4 is 11.3 Å². The number of thiazole rings is 1. The van der Waals surface area contributed by atoms with Crippen molar-refractivity contribution in [2.24, 2.45) is 0 Å². The molecular weight excluding hydrogens is 335 g/mol. The lowest BCUT2D eigenvalue weighted by molar-refractivity contribution is 0.268. The van der Waals surface area contributed by atoms with E-state index in [1.165, 1.54) is 6.07 Å². The molecule has 0 aliphatic rings. The van der Waals surface area contributed by atoms with E-state index in [2.05, 4.69) is 17.2 Å². The lowest BCUT2D eigenvalue weighted by Gasteiger charge is -2.19. The Balaban J connectivity index is 1.70. The molecular formula is C20H21FN2OS. The van der Waals surface area contributed by atoms with Crippen molar-refractivity contribution in [1.82, 2.24) is 9.88 Å². The van der Waals surface area contributed by atoms with Crippen LogP contribution in [0.15, 0.2) is 53.9 Å². The van der Waals surface area contributed by atoms with Crippen molar-refractivity contribution in [2.45, 2.75) is 20.0 Å². The van der Waals surface area contributed by atoms with Crippen LogP contribution in [0.3, 0.4) is 0 Å². The maximum Gasteiger partial charge on any atom is 0.123 e. The number of nitrogens with zero attached hydrogens (tertiary/aromatic N) is 2. The third kappa shape index (κ3) is 4.65. The van der Waals surface area contributed by atoms with Crippen LogP contribution in [0.1, 0.15) is 18.2 Å². The van der Waals surface area contributed by atoms with Crippen molar-refractivity contribution in [1.29, 1.82) is 0 Å². The zero-order valence-corrected chi connectivity index (χ0v) is 15.2. The number of aromatic nitrogens is 1. The molecule has 0 aliphatic heterocycles. The molecule has 2 aromatic carbocycles. The van der Waals surface area contributed by atoms with E-state index in [1.54, 1.807) is 30.6 Å². The van der Waals surface area contributed by atoms with E-state index in [0.29, 0.717) is 6.54 Å². The largest absolute Gasteiger partial charge is 0.497 e. The van der Waals surface area contributed by atoms with E-state index in [1.807, 2.05) is 30.3 Å². The molecule has 130 valence electrons. The fourth-order valence-electron chi connectivity index (χ4n) is 2.67. The minimum Gasteiger partial charge on any atom is -0.497 e. The van der Waals surface area contributed by atoms with E-state index in [9.17, 15) is 4.39 Å². The Morgan fingerprint density at radius 1 is 1.12 bits per heavy atom. The number of methoxy groups -OCH3 is 1. The quantitative estimate of drug-likeness (QED) is 0.597. The average molecular weight is 356 g/mol. The fraction of sp³-hybridized carbons (Fsp3) is 0.250. The topological polar surface area (TPSA) is 25.4 Å². The Labute approximate surface area is 151 Å². The highest BCUT2D eigenvalue weighted by Crippen LogP contribution is 2.27. The van der Waals surface area contributed by atoms with Crippen LogP contribution in [-0.4, -0.2) is 23.5 Å². The summed E-state index contributed by atoms with van der Waals surface area (Å²) in [5.41, 5.74) is 3.06. The minimum atomic E-state index is -0.192. The molecule has 1 aromatic heterocycles. The van der Waals surface area contributed by atoms with Crippen molar-refractivity contribution in [3.63, 3.8) is 0 Å². The summed E-state index contributed by atoms with van der Waals surface area (Å²) in [6, 6.07) is 14.7. The molecule has 25 heavy (non-hydrogen) atoms. The van der Waals surface area contributed by atoms with Crippen molar-refractivity contribution in [2.75, 3.05) is 13.7 Å². The van der Waals surface area contributed by atoms with E-state index in [-0.39, 0.29) is 5.82 Å². The Hall–Kier alpha value is -2.24. The summed E-state index contributed by atoms with van der Waals surface area (Å²) in [7, 11) is 1.66. The number of ether oxygens (including phenoxy) is 1. The van der Waals surface area contributed by atoms with Gasteiger partial charge in [0.25, 0.3) is 0 Å². The Morgan fingerprint density at radius 2 is 1.96 bits per heavy atom. The Bertz CT molecular complexity index is 834. The van der Waals surface area contributed by atoms with Crippen molar-refractivity contribution < 1.29 is 9.13 Å². The van der Waals surface area contributed by atoms with Crippen LogP contribution in [0.2, 0.25) is 0 Å². The van der Waals surface area contributed by atoms with Gasteiger partial charge < -0.3 is 4.74 Å². The third-order valence-corrected chi connectivity index (χ3v) is 4.94. The number of rotatable bonds is 7. The Morgan fingerprint density at radius 3 is 2.72 bits per heavy atom. The fourth-order valence-corrected chi connectivity index (χ4v) is 3.48. The summed E-state index contributed by atoms with van der Waals surface area (Å²) in [5, 5.41) is 3.07. The molecule has 0 bridgehead atoms. The normalized spacial score (nSPS) is 11.0. The molecule has 5 heteroatoms. The van der Waals surface area contributed by atoms with Crippen LogP contribution >= 0.6 is 11.3 Å². The van der Waals surface area contributed by atoms with Gasteiger partial charge in [0.05, 0.1) is 12.8 Å². The molecule has 0 N–H and O–H groups in total. The molecule has 1 heterocycles. The van der Waals surface area contributed by atoms with Gasteiger partial charge in [-0.05, 0) is 36.4 Å². The molecule has 0 saturated heterocycles. The maximum atomic E-state index is 13.4. The number of hydrogen-bond donors (Lipinski definition) is 0. The monoisotopic (exact) mass is 356 g/mol. The van der Waals surface area contributed by atoms with E-state index in [4.69, 9.17) is 9.72 Å². The lowest BCUT2D eigenvalue weighted by atomic mass is 10.2. The average Bonchev–Trinajstić information content (AvgIpc) is 3.10. The first-order valence-electron chi connectivity index (χ1n) is 8.23. The molecule has 0 unspecified atom stereocenters. The third-order valence-electron chi connectivity index (χ3n) is 4.00. The lowest BCUT2D eigenvalue weighted by Crippen LogP contribution is -2.22. The van der Waals surface area contributed by atoms with Gasteiger partial charge in [-0.25, -0.2) is 9.37 Å². The summed E-state index contributed by atoms with van der Waals surface area (Å²) < 4.78 is 18.6. The molecule has 3 nitrogen and oxygen atoms in total. The van der Waals surface area contributed by atoms with Gasteiger partial charge in [-0.2, -0.15) is 0 Å². The first-order chi connectivity index (χ1) is 12.2. The van der Waals surface area contributed by atoms with Gasteiger partial charge in [0.15, 0.2) is 0 Å². The number of benzene rings is 2. The van der Waals surface area contributed by atoms with Crippen molar-refractivity contribution in [3.05, 3.63) is 71.0 Å². The molecule has 3 aromatic rings. The zero-order chi connectivity index (χ0) is 17.6. The number of halogens is 1. The molecule has 3 rings (SSSR count). The predicted molar refractivity (Wildman–Crippen MR) is 100 cm³/mol.